The van der Waals surface area contributed by atoms with E-state index in [0.717, 1.165) is 12.1 Å². The fourth-order valence-corrected chi connectivity index (χ4v) is 1.99. The first-order chi connectivity index (χ1) is 10.0. The number of aromatic nitrogens is 3. The van der Waals surface area contributed by atoms with E-state index in [1.807, 2.05) is 0 Å². The second kappa shape index (κ2) is 5.39. The van der Waals surface area contributed by atoms with Gasteiger partial charge >= 0.3 is 6.18 Å². The Balaban J connectivity index is 2.56. The van der Waals surface area contributed by atoms with Gasteiger partial charge in [-0.3, -0.25) is 0 Å². The zero-order chi connectivity index (χ0) is 16.7. The highest BCUT2D eigenvalue weighted by Crippen LogP contribution is 2.33. The molecule has 4 nitrogen and oxygen atoms in total. The molecule has 0 aliphatic heterocycles. The summed E-state index contributed by atoms with van der Waals surface area (Å²) in [5.41, 5.74) is -0.868. The fourth-order valence-electron chi connectivity index (χ4n) is 1.66. The molecule has 2 rings (SSSR count). The van der Waals surface area contributed by atoms with Gasteiger partial charge in [0.05, 0.1) is 0 Å². The Kier molecular flexibility index (Phi) is 4.04. The van der Waals surface area contributed by atoms with Crippen molar-refractivity contribution in [1.82, 2.24) is 14.6 Å². The average molecular weight is 384 g/mol. The van der Waals surface area contributed by atoms with Crippen molar-refractivity contribution in [3.05, 3.63) is 22.6 Å². The molecule has 118 valence electrons. The molecule has 0 N–H and O–H groups in total. The van der Waals surface area contributed by atoms with Crippen LogP contribution in [-0.4, -0.2) is 26.9 Å². The molecule has 22 heavy (non-hydrogen) atoms. The molecule has 10 heteroatoms. The molecule has 2 aromatic rings. The molecule has 2 heterocycles. The van der Waals surface area contributed by atoms with E-state index < -0.39 is 29.6 Å². The predicted octanol–water partition coefficient (Wildman–Crippen LogP) is 3.55. The Bertz CT molecular complexity index is 744. The topological polar surface area (TPSA) is 39.4 Å². The summed E-state index contributed by atoms with van der Waals surface area (Å²) >= 11 is 2.88. The number of terminal acetylenes is 1. The molecule has 0 amide bonds. The van der Waals surface area contributed by atoms with Crippen LogP contribution in [0.15, 0.2) is 16.9 Å². The second-order valence-corrected chi connectivity index (χ2v) is 5.00. The first kappa shape index (κ1) is 16.5. The third kappa shape index (κ3) is 3.14. The van der Waals surface area contributed by atoms with E-state index in [1.165, 1.54) is 5.92 Å². The minimum absolute atomic E-state index is 0.0849. The van der Waals surface area contributed by atoms with Gasteiger partial charge in [-0.1, -0.05) is 5.92 Å². The van der Waals surface area contributed by atoms with Crippen molar-refractivity contribution in [2.45, 2.75) is 25.1 Å². The summed E-state index contributed by atoms with van der Waals surface area (Å²) in [6.07, 6.45) is -2.55. The van der Waals surface area contributed by atoms with Crippen molar-refractivity contribution in [3.63, 3.8) is 0 Å². The Morgan fingerprint density at radius 3 is 2.45 bits per heavy atom. The molecular weight excluding hydrogens is 377 g/mol. The van der Waals surface area contributed by atoms with Crippen LogP contribution in [-0.2, 0) is 5.92 Å². The maximum atomic E-state index is 13.5. The molecule has 0 aliphatic rings. The van der Waals surface area contributed by atoms with Gasteiger partial charge in [0.1, 0.15) is 5.69 Å². The Morgan fingerprint density at radius 1 is 1.32 bits per heavy atom. The van der Waals surface area contributed by atoms with Gasteiger partial charge in [0.2, 0.25) is 4.73 Å². The van der Waals surface area contributed by atoms with Gasteiger partial charge in [-0.25, -0.2) is 4.52 Å². The molecule has 2 aromatic heterocycles. The number of hydrogen-bond acceptors (Lipinski definition) is 3. The van der Waals surface area contributed by atoms with E-state index in [2.05, 4.69) is 30.7 Å². The molecule has 0 saturated carbocycles. The zero-order valence-corrected chi connectivity index (χ0v) is 12.4. The summed E-state index contributed by atoms with van der Waals surface area (Å²) in [4.78, 5) is 3.73. The van der Waals surface area contributed by atoms with Crippen molar-refractivity contribution in [2.75, 3.05) is 0 Å². The normalized spacial score (nSPS) is 13.9. The predicted molar refractivity (Wildman–Crippen MR) is 69.6 cm³/mol. The Hall–Kier alpha value is -1.89. The van der Waals surface area contributed by atoms with Gasteiger partial charge in [-0.05, 0) is 28.1 Å². The number of nitrogens with zero attached hydrogens (tertiary/aromatic N) is 3. The van der Waals surface area contributed by atoms with Crippen LogP contribution in [0.5, 0.6) is 5.75 Å². The minimum atomic E-state index is -4.81. The number of halogens is 6. The number of rotatable bonds is 3. The lowest BCUT2D eigenvalue weighted by atomic mass is 10.2. The zero-order valence-electron chi connectivity index (χ0n) is 10.8. The maximum absolute atomic E-state index is 13.5. The monoisotopic (exact) mass is 383 g/mol. The highest BCUT2D eigenvalue weighted by Gasteiger charge is 2.41. The number of pyridine rings is 1. The smallest absolute Gasteiger partial charge is 0.437 e. The van der Waals surface area contributed by atoms with E-state index in [4.69, 9.17) is 6.42 Å². The quantitative estimate of drug-likeness (QED) is 0.601. The first-order valence-electron chi connectivity index (χ1n) is 5.67. The highest BCUT2D eigenvalue weighted by molar-refractivity contribution is 9.10. The lowest BCUT2D eigenvalue weighted by Gasteiger charge is -2.18. The summed E-state index contributed by atoms with van der Waals surface area (Å²) < 4.78 is 70.2. The minimum Gasteiger partial charge on any atom is -0.464 e. The van der Waals surface area contributed by atoms with E-state index in [-0.39, 0.29) is 10.4 Å². The third-order valence-corrected chi connectivity index (χ3v) is 2.90. The van der Waals surface area contributed by atoms with Gasteiger partial charge in [0.25, 0.3) is 12.0 Å². The van der Waals surface area contributed by atoms with Crippen LogP contribution in [0.3, 0.4) is 0 Å². The van der Waals surface area contributed by atoms with Gasteiger partial charge in [-0.2, -0.15) is 26.9 Å². The molecule has 0 aromatic carbocycles. The third-order valence-electron chi connectivity index (χ3n) is 2.57. The number of ether oxygens (including phenoxy) is 1. The van der Waals surface area contributed by atoms with Gasteiger partial charge in [0, 0.05) is 6.92 Å². The second-order valence-electron chi connectivity index (χ2n) is 4.29. The summed E-state index contributed by atoms with van der Waals surface area (Å²) in [5, 5.41) is 3.66. The molecule has 0 unspecified atom stereocenters. The van der Waals surface area contributed by atoms with Gasteiger partial charge in [-0.15, -0.1) is 11.5 Å². The fraction of sp³-hybridized carbons (Fsp3) is 0.333. The average Bonchev–Trinajstić information content (AvgIpc) is 2.73. The summed E-state index contributed by atoms with van der Waals surface area (Å²) in [6.45, 7) is 0.623. The molecule has 0 fully saturated rings. The van der Waals surface area contributed by atoms with E-state index >= 15 is 0 Å². The SMILES string of the molecule is C#C[C@H](Oc1ccc(C(C)(F)F)n2nc(Br)nc12)C(F)(F)F. The van der Waals surface area contributed by atoms with Crippen molar-refractivity contribution in [1.29, 1.82) is 0 Å². The van der Waals surface area contributed by atoms with Crippen LogP contribution in [0.1, 0.15) is 12.6 Å². The van der Waals surface area contributed by atoms with Crippen molar-refractivity contribution in [2.24, 2.45) is 0 Å². The van der Waals surface area contributed by atoms with Crippen LogP contribution in [0, 0.1) is 12.3 Å². The largest absolute Gasteiger partial charge is 0.464 e. The van der Waals surface area contributed by atoms with Gasteiger partial charge < -0.3 is 4.74 Å². The molecular formula is C12H7BrF5N3O. The first-order valence-corrected chi connectivity index (χ1v) is 6.46. The molecule has 0 radical (unpaired) electrons. The van der Waals surface area contributed by atoms with Crippen LogP contribution < -0.4 is 4.74 Å². The lowest BCUT2D eigenvalue weighted by molar-refractivity contribution is -0.176. The lowest BCUT2D eigenvalue weighted by Crippen LogP contribution is -2.33. The molecule has 0 bridgehead atoms. The van der Waals surface area contributed by atoms with Gasteiger partial charge in [0.15, 0.2) is 11.4 Å². The van der Waals surface area contributed by atoms with Crippen LogP contribution in [0.25, 0.3) is 5.65 Å². The number of alkyl halides is 5. The maximum Gasteiger partial charge on any atom is 0.437 e. The molecule has 0 saturated heterocycles. The summed E-state index contributed by atoms with van der Waals surface area (Å²) in [6, 6.07) is 1.84. The van der Waals surface area contributed by atoms with Crippen LogP contribution >= 0.6 is 15.9 Å². The van der Waals surface area contributed by atoms with E-state index in [0.29, 0.717) is 11.4 Å². The Labute approximate surface area is 129 Å². The number of fused-ring (bicyclic) bond motifs is 1. The van der Waals surface area contributed by atoms with E-state index in [9.17, 15) is 22.0 Å². The highest BCUT2D eigenvalue weighted by atomic mass is 79.9. The summed E-state index contributed by atoms with van der Waals surface area (Å²) in [7, 11) is 0. The van der Waals surface area contributed by atoms with E-state index in [1.54, 1.807) is 0 Å². The summed E-state index contributed by atoms with van der Waals surface area (Å²) in [5.74, 6) is -2.25. The van der Waals surface area contributed by atoms with Crippen molar-refractivity contribution < 1.29 is 26.7 Å². The van der Waals surface area contributed by atoms with Crippen LogP contribution in [0.4, 0.5) is 22.0 Å². The Morgan fingerprint density at radius 2 is 1.95 bits per heavy atom. The molecule has 0 aliphatic carbocycles. The molecule has 1 atom stereocenters. The van der Waals surface area contributed by atoms with Crippen molar-refractivity contribution >= 4 is 21.6 Å². The molecule has 0 spiro atoms. The van der Waals surface area contributed by atoms with Crippen LogP contribution in [0.2, 0.25) is 0 Å². The number of hydrogen-bond donors (Lipinski definition) is 0. The standard InChI is InChI=1S/C12H7BrF5N3O/c1-3-8(12(16,17)18)22-6-4-5-7(11(2,14)15)21-9(6)19-10(13)20-21/h1,4-5,8H,2H3/t8-/m0/s1. The van der Waals surface area contributed by atoms with Crippen molar-refractivity contribution in [3.8, 4) is 18.1 Å².